The molecule has 0 unspecified atom stereocenters. The van der Waals surface area contributed by atoms with E-state index in [9.17, 15) is 40.2 Å². The van der Waals surface area contributed by atoms with Crippen LogP contribution >= 0.6 is 0 Å². The van der Waals surface area contributed by atoms with Crippen LogP contribution in [0.15, 0.2) is 11.5 Å². The number of ether oxygens (including phenoxy) is 1. The van der Waals surface area contributed by atoms with Gasteiger partial charge in [-0.2, -0.15) is 0 Å². The fraction of sp³-hybridized carbons (Fsp3) is 0.500. The number of carbonyl (C=O) groups excluding carboxylic acids is 2. The number of phenolic OH excluding ortho intramolecular Hbond substituents is 3. The molecule has 0 saturated carbocycles. The van der Waals surface area contributed by atoms with Crippen LogP contribution in [0.5, 0.6) is 23.0 Å². The minimum absolute atomic E-state index is 0.0346. The van der Waals surface area contributed by atoms with Crippen molar-refractivity contribution in [3.63, 3.8) is 0 Å². The minimum Gasteiger partial charge on any atom is -0.504 e. The highest BCUT2D eigenvalue weighted by Crippen LogP contribution is 2.58. The van der Waals surface area contributed by atoms with Crippen LogP contribution < -0.4 is 0 Å². The van der Waals surface area contributed by atoms with Crippen molar-refractivity contribution in [2.24, 2.45) is 11.8 Å². The van der Waals surface area contributed by atoms with Crippen molar-refractivity contribution in [3.05, 3.63) is 56.0 Å². The van der Waals surface area contributed by atoms with Crippen molar-refractivity contribution in [1.29, 1.82) is 0 Å². The third-order valence-corrected chi connectivity index (χ3v) is 10.8. The molecule has 2 aromatic carbocycles. The van der Waals surface area contributed by atoms with Gasteiger partial charge in [0, 0.05) is 33.4 Å². The van der Waals surface area contributed by atoms with E-state index in [1.807, 2.05) is 41.5 Å². The molecule has 0 fully saturated rings. The molecule has 240 valence electrons. The van der Waals surface area contributed by atoms with Crippen molar-refractivity contribution in [2.45, 2.75) is 104 Å². The molecule has 0 saturated heterocycles. The van der Waals surface area contributed by atoms with Crippen LogP contribution in [-0.2, 0) is 27.5 Å². The van der Waals surface area contributed by atoms with E-state index in [4.69, 9.17) is 4.74 Å². The SMILES string of the molecule is CC(C)[C@H]1CC[C@H](C)c2c(O)c(O)c(CO)c(C3=C(O)C(=O)C4=C(OCc5c(O)c(O)c6c(c54)[C@@H](C(C)C)CC[C@@H]6C)C3=O)c21. The van der Waals surface area contributed by atoms with Gasteiger partial charge in [-0.15, -0.1) is 0 Å². The maximum atomic E-state index is 14.5. The number of benzene rings is 2. The molecular weight excluding hydrogens is 576 g/mol. The molecule has 0 radical (unpaired) electrons. The molecule has 6 rings (SSSR count). The summed E-state index contributed by atoms with van der Waals surface area (Å²) < 4.78 is 5.93. The molecule has 9 heteroatoms. The molecule has 0 spiro atoms. The lowest BCUT2D eigenvalue weighted by Crippen LogP contribution is -2.31. The molecule has 3 aliphatic carbocycles. The van der Waals surface area contributed by atoms with Crippen LogP contribution in [0.2, 0.25) is 0 Å². The molecule has 0 amide bonds. The second kappa shape index (κ2) is 10.8. The summed E-state index contributed by atoms with van der Waals surface area (Å²) >= 11 is 0. The zero-order valence-corrected chi connectivity index (χ0v) is 26.6. The van der Waals surface area contributed by atoms with E-state index in [1.54, 1.807) is 0 Å². The zero-order chi connectivity index (χ0) is 32.8. The number of aliphatic hydroxyl groups is 2. The molecule has 0 aromatic heterocycles. The molecule has 4 aliphatic rings. The Kier molecular flexibility index (Phi) is 7.46. The van der Waals surface area contributed by atoms with Crippen molar-refractivity contribution in [1.82, 2.24) is 0 Å². The van der Waals surface area contributed by atoms with Gasteiger partial charge < -0.3 is 35.4 Å². The van der Waals surface area contributed by atoms with Crippen LogP contribution in [0, 0.1) is 11.8 Å². The maximum Gasteiger partial charge on any atom is 0.232 e. The summed E-state index contributed by atoms with van der Waals surface area (Å²) in [7, 11) is 0. The van der Waals surface area contributed by atoms with E-state index in [0.29, 0.717) is 40.7 Å². The Labute approximate surface area is 262 Å². The van der Waals surface area contributed by atoms with Crippen molar-refractivity contribution >= 4 is 22.7 Å². The number of aliphatic hydroxyl groups excluding tert-OH is 2. The van der Waals surface area contributed by atoms with Gasteiger partial charge >= 0.3 is 0 Å². The summed E-state index contributed by atoms with van der Waals surface area (Å²) in [6.07, 6.45) is 2.95. The Bertz CT molecular complexity index is 1720. The van der Waals surface area contributed by atoms with Crippen LogP contribution in [0.4, 0.5) is 0 Å². The van der Waals surface area contributed by atoms with Crippen molar-refractivity contribution < 1.29 is 45.0 Å². The lowest BCUT2D eigenvalue weighted by molar-refractivity contribution is -0.117. The van der Waals surface area contributed by atoms with Gasteiger partial charge in [-0.05, 0) is 72.3 Å². The van der Waals surface area contributed by atoms with E-state index in [0.717, 1.165) is 12.8 Å². The Balaban J connectivity index is 1.66. The first kappa shape index (κ1) is 31.0. The Morgan fingerprint density at radius 1 is 0.667 bits per heavy atom. The van der Waals surface area contributed by atoms with E-state index < -0.39 is 35.4 Å². The van der Waals surface area contributed by atoms with Gasteiger partial charge in [-0.1, -0.05) is 41.5 Å². The second-order valence-electron chi connectivity index (χ2n) is 13.9. The van der Waals surface area contributed by atoms with E-state index in [1.165, 1.54) is 0 Å². The molecule has 45 heavy (non-hydrogen) atoms. The van der Waals surface area contributed by atoms with Crippen molar-refractivity contribution in [2.75, 3.05) is 0 Å². The number of hydrogen-bond acceptors (Lipinski definition) is 9. The fourth-order valence-electron chi connectivity index (χ4n) is 8.44. The van der Waals surface area contributed by atoms with Crippen LogP contribution in [0.25, 0.3) is 11.1 Å². The van der Waals surface area contributed by atoms with Gasteiger partial charge in [-0.3, -0.25) is 9.59 Å². The second-order valence-corrected chi connectivity index (χ2v) is 13.9. The normalized spacial score (nSPS) is 24.5. The highest BCUT2D eigenvalue weighted by Gasteiger charge is 2.48. The Hall–Kier alpha value is -3.98. The first-order valence-corrected chi connectivity index (χ1v) is 16.0. The van der Waals surface area contributed by atoms with Crippen LogP contribution in [-0.4, -0.2) is 42.2 Å². The van der Waals surface area contributed by atoms with Crippen molar-refractivity contribution in [3.8, 4) is 23.0 Å². The number of carbonyl (C=O) groups is 2. The number of ketones is 2. The quantitative estimate of drug-likeness (QED) is 0.163. The highest BCUT2D eigenvalue weighted by molar-refractivity contribution is 6.47. The molecule has 2 aromatic rings. The Morgan fingerprint density at radius 3 is 1.69 bits per heavy atom. The van der Waals surface area contributed by atoms with Gasteiger partial charge in [0.05, 0.1) is 17.8 Å². The molecule has 4 atom stereocenters. The zero-order valence-electron chi connectivity index (χ0n) is 26.6. The van der Waals surface area contributed by atoms with Gasteiger partial charge in [-0.25, -0.2) is 0 Å². The third kappa shape index (κ3) is 4.22. The number of allylic oxidation sites excluding steroid dienone is 2. The number of fused-ring (bicyclic) bond motifs is 5. The highest BCUT2D eigenvalue weighted by atomic mass is 16.5. The molecular formula is C36H42O9. The average molecular weight is 619 g/mol. The van der Waals surface area contributed by atoms with E-state index in [-0.39, 0.29) is 87.2 Å². The summed E-state index contributed by atoms with van der Waals surface area (Å²) in [5.41, 5.74) is 2.04. The lowest BCUT2D eigenvalue weighted by Gasteiger charge is -2.39. The lowest BCUT2D eigenvalue weighted by atomic mass is 9.66. The van der Waals surface area contributed by atoms with Gasteiger partial charge in [0.2, 0.25) is 11.6 Å². The van der Waals surface area contributed by atoms with Gasteiger partial charge in [0.25, 0.3) is 0 Å². The molecule has 1 heterocycles. The predicted molar refractivity (Wildman–Crippen MR) is 167 cm³/mol. The molecule has 9 nitrogen and oxygen atoms in total. The summed E-state index contributed by atoms with van der Waals surface area (Å²) in [5.74, 6) is -4.92. The number of phenols is 4. The first-order valence-electron chi connectivity index (χ1n) is 16.0. The summed E-state index contributed by atoms with van der Waals surface area (Å²) in [6, 6.07) is 0. The average Bonchev–Trinajstić information content (AvgIpc) is 2.99. The summed E-state index contributed by atoms with van der Waals surface area (Å²) in [4.78, 5) is 28.9. The smallest absolute Gasteiger partial charge is 0.232 e. The fourth-order valence-corrected chi connectivity index (χ4v) is 8.44. The topological polar surface area (TPSA) is 165 Å². The molecule has 0 bridgehead atoms. The third-order valence-electron chi connectivity index (χ3n) is 10.8. The summed E-state index contributed by atoms with van der Waals surface area (Å²) in [6.45, 7) is 10.9. The first-order chi connectivity index (χ1) is 21.2. The van der Waals surface area contributed by atoms with Gasteiger partial charge in [0.15, 0.2) is 34.5 Å². The minimum atomic E-state index is -0.885. The number of Topliss-reactive ketones (excluding diaryl/α,β-unsaturated/α-hetero) is 2. The maximum absolute atomic E-state index is 14.5. The molecule has 1 aliphatic heterocycles. The number of aromatic hydroxyl groups is 4. The van der Waals surface area contributed by atoms with Crippen LogP contribution in [0.3, 0.4) is 0 Å². The van der Waals surface area contributed by atoms with E-state index >= 15 is 0 Å². The number of hydrogen-bond donors (Lipinski definition) is 6. The largest absolute Gasteiger partial charge is 0.504 e. The van der Waals surface area contributed by atoms with Gasteiger partial charge in [0.1, 0.15) is 6.61 Å². The molecule has 6 N–H and O–H groups in total. The monoisotopic (exact) mass is 618 g/mol. The number of rotatable bonds is 4. The Morgan fingerprint density at radius 2 is 1.18 bits per heavy atom. The van der Waals surface area contributed by atoms with E-state index in [2.05, 4.69) is 0 Å². The summed E-state index contributed by atoms with van der Waals surface area (Å²) in [5, 5.41) is 66.7. The standard InChI is InChI=1S/C36H42O9/c1-13(2)17-9-7-15(5)21-23(17)25(19(11-37)29(38)31(21)40)27-33(42)34(43)28-26-20(12-45-36(28)35(27)44)30(39)32(41)22-16(6)8-10-18(14(3)4)24(22)26/h13-18,37-42H,7-12H2,1-6H3/t15-,16-,17+,18+/m0/s1. The van der Waals surface area contributed by atoms with Crippen LogP contribution in [0.1, 0.15) is 135 Å². The predicted octanol–water partition coefficient (Wildman–Crippen LogP) is 6.64.